The molecule has 1 saturated carbocycles. The minimum absolute atomic E-state index is 0.113. The Morgan fingerprint density at radius 1 is 1.65 bits per heavy atom. The van der Waals surface area contributed by atoms with Gasteiger partial charge >= 0.3 is 0 Å². The third kappa shape index (κ3) is 2.78. The molecule has 0 heterocycles. The van der Waals surface area contributed by atoms with Crippen LogP contribution < -0.4 is 5.32 Å². The molecule has 0 aromatic carbocycles. The molecule has 1 amide bonds. The second kappa shape index (κ2) is 5.05. The van der Waals surface area contributed by atoms with Crippen LogP contribution in [0.5, 0.6) is 0 Å². The van der Waals surface area contributed by atoms with Gasteiger partial charge in [0.25, 0.3) is 0 Å². The monoisotopic (exact) mass is 238 g/mol. The first-order valence-corrected chi connectivity index (χ1v) is 6.30. The highest BCUT2D eigenvalue weighted by molar-refractivity contribution is 5.86. The molecule has 17 heavy (non-hydrogen) atoms. The highest BCUT2D eigenvalue weighted by Gasteiger charge is 2.45. The molecule has 0 aromatic heterocycles. The highest BCUT2D eigenvalue weighted by Crippen LogP contribution is 2.40. The normalized spacial score (nSPS) is 22.8. The van der Waals surface area contributed by atoms with E-state index in [1.807, 2.05) is 13.8 Å². The predicted octanol–water partition coefficient (Wildman–Crippen LogP) is 1.59. The van der Waals surface area contributed by atoms with E-state index in [-0.39, 0.29) is 18.4 Å². The van der Waals surface area contributed by atoms with E-state index in [2.05, 4.69) is 11.4 Å². The summed E-state index contributed by atoms with van der Waals surface area (Å²) in [4.78, 5) is 11.9. The molecule has 1 aliphatic carbocycles. The average Bonchev–Trinajstić information content (AvgIpc) is 2.24. The lowest BCUT2D eigenvalue weighted by atomic mass is 9.69. The van der Waals surface area contributed by atoms with Crippen molar-refractivity contribution in [1.82, 2.24) is 5.32 Å². The van der Waals surface area contributed by atoms with Crippen LogP contribution in [0.3, 0.4) is 0 Å². The number of rotatable bonds is 5. The fourth-order valence-corrected chi connectivity index (χ4v) is 1.96. The molecule has 0 aliphatic heterocycles. The molecule has 2 unspecified atom stereocenters. The van der Waals surface area contributed by atoms with Crippen molar-refractivity contribution in [2.75, 3.05) is 6.54 Å². The molecular weight excluding hydrogens is 216 g/mol. The van der Waals surface area contributed by atoms with Crippen LogP contribution >= 0.6 is 0 Å². The van der Waals surface area contributed by atoms with Gasteiger partial charge in [-0.25, -0.2) is 0 Å². The molecular formula is C13H22N2O2. The Bertz CT molecular complexity index is 327. The fraction of sp³-hybridized carbons (Fsp3) is 0.846. The van der Waals surface area contributed by atoms with Crippen molar-refractivity contribution < 1.29 is 9.90 Å². The average molecular weight is 238 g/mol. The smallest absolute Gasteiger partial charge is 0.240 e. The molecule has 0 saturated heterocycles. The Hall–Kier alpha value is -1.08. The first kappa shape index (κ1) is 14.0. The second-order valence-corrected chi connectivity index (χ2v) is 5.40. The maximum absolute atomic E-state index is 11.9. The Morgan fingerprint density at radius 2 is 2.24 bits per heavy atom. The van der Waals surface area contributed by atoms with Gasteiger partial charge in [-0.3, -0.25) is 4.79 Å². The number of carbonyl (C=O) groups excluding carboxylic acids is 1. The summed E-state index contributed by atoms with van der Waals surface area (Å²) in [6.45, 7) is 5.89. The molecule has 1 fully saturated rings. The van der Waals surface area contributed by atoms with Gasteiger partial charge in [0, 0.05) is 6.54 Å². The Kier molecular flexibility index (Phi) is 4.16. The van der Waals surface area contributed by atoms with Crippen LogP contribution in [0.4, 0.5) is 0 Å². The van der Waals surface area contributed by atoms with Gasteiger partial charge in [0.05, 0.1) is 11.7 Å². The van der Waals surface area contributed by atoms with Crippen molar-refractivity contribution in [3.05, 3.63) is 0 Å². The van der Waals surface area contributed by atoms with Crippen molar-refractivity contribution in [1.29, 1.82) is 5.26 Å². The van der Waals surface area contributed by atoms with Crippen LogP contribution in [-0.2, 0) is 4.79 Å². The number of amides is 1. The van der Waals surface area contributed by atoms with Crippen LogP contribution in [0.25, 0.3) is 0 Å². The number of carbonyl (C=O) groups is 1. The lowest BCUT2D eigenvalue weighted by Crippen LogP contribution is -2.51. The third-order valence-corrected chi connectivity index (χ3v) is 4.14. The zero-order valence-electron chi connectivity index (χ0n) is 10.9. The molecule has 1 rings (SSSR count). The van der Waals surface area contributed by atoms with Crippen molar-refractivity contribution in [3.63, 3.8) is 0 Å². The van der Waals surface area contributed by atoms with Crippen LogP contribution in [0.1, 0.15) is 46.5 Å². The van der Waals surface area contributed by atoms with E-state index in [1.165, 1.54) is 0 Å². The van der Waals surface area contributed by atoms with Crippen LogP contribution in [0, 0.1) is 22.7 Å². The van der Waals surface area contributed by atoms with E-state index >= 15 is 0 Å². The summed E-state index contributed by atoms with van der Waals surface area (Å²) < 4.78 is 0. The van der Waals surface area contributed by atoms with E-state index in [4.69, 9.17) is 5.26 Å². The summed E-state index contributed by atoms with van der Waals surface area (Å²) in [5.41, 5.74) is -1.74. The van der Waals surface area contributed by atoms with Crippen LogP contribution in [-0.4, -0.2) is 23.2 Å². The number of nitrogens with zero attached hydrogens (tertiary/aromatic N) is 1. The molecule has 0 spiro atoms. The van der Waals surface area contributed by atoms with Crippen molar-refractivity contribution in [2.24, 2.45) is 11.3 Å². The van der Waals surface area contributed by atoms with Gasteiger partial charge in [0.15, 0.2) is 0 Å². The second-order valence-electron chi connectivity index (χ2n) is 5.40. The van der Waals surface area contributed by atoms with Gasteiger partial charge in [-0.15, -0.1) is 0 Å². The largest absolute Gasteiger partial charge is 0.388 e. The van der Waals surface area contributed by atoms with Gasteiger partial charge in [-0.1, -0.05) is 20.3 Å². The molecule has 2 N–H and O–H groups in total. The molecule has 0 aromatic rings. The number of nitrogens with one attached hydrogen (secondary N) is 1. The summed E-state index contributed by atoms with van der Waals surface area (Å²) in [5.74, 6) is -0.114. The molecule has 4 heteroatoms. The molecule has 4 nitrogen and oxygen atoms in total. The lowest BCUT2D eigenvalue weighted by Gasteiger charge is -2.36. The minimum atomic E-state index is -0.912. The maximum Gasteiger partial charge on any atom is 0.240 e. The van der Waals surface area contributed by atoms with E-state index in [9.17, 15) is 9.90 Å². The van der Waals surface area contributed by atoms with Crippen molar-refractivity contribution in [3.8, 4) is 6.07 Å². The Labute approximate surface area is 103 Å². The van der Waals surface area contributed by atoms with Crippen molar-refractivity contribution >= 4 is 5.91 Å². The predicted molar refractivity (Wildman–Crippen MR) is 65.0 cm³/mol. The highest BCUT2D eigenvalue weighted by atomic mass is 16.3. The summed E-state index contributed by atoms with van der Waals surface area (Å²) in [6.07, 6.45) is 3.07. The molecule has 2 atom stereocenters. The summed E-state index contributed by atoms with van der Waals surface area (Å²) in [7, 11) is 0. The zero-order chi connectivity index (χ0) is 13.1. The zero-order valence-corrected chi connectivity index (χ0v) is 10.9. The summed E-state index contributed by atoms with van der Waals surface area (Å²) in [5, 5.41) is 21.9. The molecule has 0 radical (unpaired) electrons. The van der Waals surface area contributed by atoms with Gasteiger partial charge < -0.3 is 10.4 Å². The van der Waals surface area contributed by atoms with Gasteiger partial charge in [-0.05, 0) is 32.1 Å². The van der Waals surface area contributed by atoms with E-state index < -0.39 is 11.0 Å². The van der Waals surface area contributed by atoms with E-state index in [1.54, 1.807) is 6.92 Å². The number of aliphatic hydroxyl groups is 1. The Morgan fingerprint density at radius 3 is 2.59 bits per heavy atom. The van der Waals surface area contributed by atoms with Crippen molar-refractivity contribution in [2.45, 2.75) is 52.1 Å². The fourth-order valence-electron chi connectivity index (χ4n) is 1.96. The molecule has 0 bridgehead atoms. The number of hydrogen-bond acceptors (Lipinski definition) is 3. The van der Waals surface area contributed by atoms with Gasteiger partial charge in [0.2, 0.25) is 5.91 Å². The SMILES string of the molecule is CCC(C)C(C)(O)CNC(=O)C1(C#N)CCC1. The van der Waals surface area contributed by atoms with Gasteiger partial charge in [-0.2, -0.15) is 5.26 Å². The first-order chi connectivity index (χ1) is 7.88. The summed E-state index contributed by atoms with van der Waals surface area (Å²) >= 11 is 0. The lowest BCUT2D eigenvalue weighted by molar-refractivity contribution is -0.133. The van der Waals surface area contributed by atoms with Gasteiger partial charge in [0.1, 0.15) is 5.41 Å². The quantitative estimate of drug-likeness (QED) is 0.764. The first-order valence-electron chi connectivity index (χ1n) is 6.30. The number of hydrogen-bond donors (Lipinski definition) is 2. The van der Waals surface area contributed by atoms with E-state index in [0.29, 0.717) is 12.8 Å². The summed E-state index contributed by atoms with van der Waals surface area (Å²) in [6, 6.07) is 2.10. The van der Waals surface area contributed by atoms with Crippen LogP contribution in [0.2, 0.25) is 0 Å². The maximum atomic E-state index is 11.9. The molecule has 1 aliphatic rings. The number of nitriles is 1. The molecule has 96 valence electrons. The van der Waals surface area contributed by atoms with Crippen LogP contribution in [0.15, 0.2) is 0 Å². The van der Waals surface area contributed by atoms with E-state index in [0.717, 1.165) is 12.8 Å². The minimum Gasteiger partial charge on any atom is -0.388 e. The third-order valence-electron chi connectivity index (χ3n) is 4.14. The topological polar surface area (TPSA) is 73.1 Å². The Balaban J connectivity index is 2.51. The standard InChI is InChI=1S/C13H22N2O2/c1-4-10(2)12(3,17)9-15-11(16)13(8-14)6-5-7-13/h10,17H,4-7,9H2,1-3H3,(H,15,16).